The van der Waals surface area contributed by atoms with Crippen LogP contribution in [0.2, 0.25) is 5.02 Å². The van der Waals surface area contributed by atoms with E-state index in [1.54, 1.807) is 36.0 Å². The van der Waals surface area contributed by atoms with Crippen molar-refractivity contribution in [2.24, 2.45) is 0 Å². The minimum atomic E-state index is -0.233. The van der Waals surface area contributed by atoms with Gasteiger partial charge in [0.15, 0.2) is 11.5 Å². The third kappa shape index (κ3) is 3.64. The zero-order valence-corrected chi connectivity index (χ0v) is 17.9. The van der Waals surface area contributed by atoms with Crippen LogP contribution in [0.4, 0.5) is 5.69 Å². The zero-order chi connectivity index (χ0) is 21.5. The van der Waals surface area contributed by atoms with Crippen LogP contribution in [0.1, 0.15) is 36.8 Å². The molecule has 0 radical (unpaired) electrons. The first-order valence-corrected chi connectivity index (χ1v) is 9.85. The van der Waals surface area contributed by atoms with Crippen LogP contribution in [-0.4, -0.2) is 32.8 Å². The van der Waals surface area contributed by atoms with E-state index in [1.807, 2.05) is 24.3 Å². The first-order valence-electron chi connectivity index (χ1n) is 9.47. The average Bonchev–Trinajstić information content (AvgIpc) is 3.27. The molecular formula is C22H22ClN5O2. The molecule has 1 amide bonds. The first kappa shape index (κ1) is 20.0. The van der Waals surface area contributed by atoms with E-state index in [4.69, 9.17) is 16.3 Å². The number of hydrogen-bond donors (Lipinski definition) is 2. The van der Waals surface area contributed by atoms with Crippen LogP contribution < -0.4 is 10.1 Å². The Bertz CT molecular complexity index is 1220. The Morgan fingerprint density at radius 3 is 2.47 bits per heavy atom. The number of fused-ring (bicyclic) bond motifs is 1. The number of halogens is 1. The predicted octanol–water partition coefficient (Wildman–Crippen LogP) is 4.94. The molecule has 2 heterocycles. The molecule has 0 unspecified atom stereocenters. The van der Waals surface area contributed by atoms with Gasteiger partial charge in [-0.25, -0.2) is 4.98 Å². The van der Waals surface area contributed by atoms with Crippen LogP contribution in [-0.2, 0) is 5.41 Å². The van der Waals surface area contributed by atoms with Crippen molar-refractivity contribution >= 4 is 28.8 Å². The lowest BCUT2D eigenvalue weighted by Gasteiger charge is -2.16. The molecule has 0 bridgehead atoms. The summed E-state index contributed by atoms with van der Waals surface area (Å²) in [4.78, 5) is 17.3. The van der Waals surface area contributed by atoms with E-state index in [0.29, 0.717) is 39.1 Å². The third-order valence-electron chi connectivity index (χ3n) is 4.76. The number of anilines is 1. The standard InChI is InChI=1S/C22H22ClN5O2/c1-22(2,3)18-17(23)20-25-19(27-28(20)26-18)15-7-5-6-8-16(15)24-21(29)13-9-11-14(30-4)12-10-13/h5-12,26H,1-4H3,(H,24,29). The predicted molar refractivity (Wildman–Crippen MR) is 117 cm³/mol. The highest BCUT2D eigenvalue weighted by molar-refractivity contribution is 6.34. The Hall–Kier alpha value is -3.32. The number of carbonyl (C=O) groups is 1. The number of methoxy groups -OCH3 is 1. The quantitative estimate of drug-likeness (QED) is 0.487. The van der Waals surface area contributed by atoms with Crippen molar-refractivity contribution in [3.05, 3.63) is 64.8 Å². The lowest BCUT2D eigenvalue weighted by atomic mass is 9.92. The molecule has 4 aromatic rings. The molecule has 0 fully saturated rings. The summed E-state index contributed by atoms with van der Waals surface area (Å²) in [6, 6.07) is 14.3. The number of nitrogens with zero attached hydrogens (tertiary/aromatic N) is 3. The smallest absolute Gasteiger partial charge is 0.255 e. The lowest BCUT2D eigenvalue weighted by Crippen LogP contribution is -2.13. The maximum Gasteiger partial charge on any atom is 0.255 e. The molecule has 2 aromatic heterocycles. The van der Waals surface area contributed by atoms with Crippen molar-refractivity contribution in [3.63, 3.8) is 0 Å². The summed E-state index contributed by atoms with van der Waals surface area (Å²) < 4.78 is 6.71. The summed E-state index contributed by atoms with van der Waals surface area (Å²) in [7, 11) is 1.58. The van der Waals surface area contributed by atoms with Gasteiger partial charge in [-0.3, -0.25) is 9.89 Å². The average molecular weight is 424 g/mol. The fourth-order valence-electron chi connectivity index (χ4n) is 3.13. The Balaban J connectivity index is 1.67. The minimum absolute atomic E-state index is 0.163. The Morgan fingerprint density at radius 1 is 1.13 bits per heavy atom. The van der Waals surface area contributed by atoms with Gasteiger partial charge in [0.2, 0.25) is 0 Å². The summed E-state index contributed by atoms with van der Waals surface area (Å²) in [5.74, 6) is 0.924. The molecule has 0 atom stereocenters. The molecule has 8 heteroatoms. The molecule has 154 valence electrons. The van der Waals surface area contributed by atoms with Crippen molar-refractivity contribution < 1.29 is 9.53 Å². The molecule has 0 aliphatic heterocycles. The normalized spacial score (nSPS) is 11.6. The van der Waals surface area contributed by atoms with Gasteiger partial charge in [0.25, 0.3) is 5.91 Å². The van der Waals surface area contributed by atoms with Crippen LogP contribution in [0, 0.1) is 0 Å². The van der Waals surface area contributed by atoms with E-state index in [9.17, 15) is 4.79 Å². The molecule has 30 heavy (non-hydrogen) atoms. The topological polar surface area (TPSA) is 84.3 Å². The van der Waals surface area contributed by atoms with Gasteiger partial charge >= 0.3 is 0 Å². The van der Waals surface area contributed by atoms with Crippen molar-refractivity contribution in [2.75, 3.05) is 12.4 Å². The largest absolute Gasteiger partial charge is 0.497 e. The summed E-state index contributed by atoms with van der Waals surface area (Å²) in [5.41, 5.74) is 3.08. The number of carbonyl (C=O) groups excluding carboxylic acids is 1. The Labute approximate surface area is 179 Å². The van der Waals surface area contributed by atoms with Gasteiger partial charge in [0.05, 0.1) is 18.5 Å². The number of ether oxygens (including phenoxy) is 1. The summed E-state index contributed by atoms with van der Waals surface area (Å²) >= 11 is 6.54. The lowest BCUT2D eigenvalue weighted by molar-refractivity contribution is 0.102. The van der Waals surface area contributed by atoms with Crippen LogP contribution in [0.5, 0.6) is 5.75 Å². The van der Waals surface area contributed by atoms with E-state index in [1.165, 1.54) is 0 Å². The van der Waals surface area contributed by atoms with Crippen molar-refractivity contribution in [1.82, 2.24) is 19.8 Å². The number of hydrogen-bond acceptors (Lipinski definition) is 4. The van der Waals surface area contributed by atoms with Crippen LogP contribution in [0.3, 0.4) is 0 Å². The molecule has 0 saturated heterocycles. The molecule has 0 aliphatic rings. The molecule has 7 nitrogen and oxygen atoms in total. The molecule has 2 N–H and O–H groups in total. The second-order valence-electron chi connectivity index (χ2n) is 7.95. The van der Waals surface area contributed by atoms with E-state index >= 15 is 0 Å². The monoisotopic (exact) mass is 423 g/mol. The van der Waals surface area contributed by atoms with Gasteiger partial charge in [-0.15, -0.1) is 5.10 Å². The fraction of sp³-hybridized carbons (Fsp3) is 0.227. The van der Waals surface area contributed by atoms with Gasteiger partial charge in [-0.1, -0.05) is 44.5 Å². The summed E-state index contributed by atoms with van der Waals surface area (Å²) in [6.45, 7) is 6.19. The molecule has 0 aliphatic carbocycles. The SMILES string of the molecule is COc1ccc(C(=O)Nc2ccccc2-c2nc3c(Cl)c(C(C)(C)C)[nH]n3n2)cc1. The number of para-hydroxylation sites is 1. The first-order chi connectivity index (χ1) is 14.3. The van der Waals surface area contributed by atoms with E-state index in [0.717, 1.165) is 5.69 Å². The summed E-state index contributed by atoms with van der Waals surface area (Å²) in [6.07, 6.45) is 0. The van der Waals surface area contributed by atoms with Gasteiger partial charge in [0, 0.05) is 16.5 Å². The Kier molecular flexibility index (Phi) is 4.99. The van der Waals surface area contributed by atoms with Gasteiger partial charge < -0.3 is 10.1 Å². The highest BCUT2D eigenvalue weighted by atomic mass is 35.5. The van der Waals surface area contributed by atoms with Crippen LogP contribution >= 0.6 is 11.6 Å². The maximum absolute atomic E-state index is 12.7. The zero-order valence-electron chi connectivity index (χ0n) is 17.2. The molecular weight excluding hydrogens is 402 g/mol. The summed E-state index contributed by atoms with van der Waals surface area (Å²) in [5, 5.41) is 11.2. The van der Waals surface area contributed by atoms with Gasteiger partial charge in [-0.05, 0) is 36.4 Å². The molecule has 4 rings (SSSR count). The number of amides is 1. The minimum Gasteiger partial charge on any atom is -0.497 e. The van der Waals surface area contributed by atoms with Gasteiger partial charge in [-0.2, -0.15) is 4.63 Å². The van der Waals surface area contributed by atoms with Crippen LogP contribution in [0.25, 0.3) is 17.0 Å². The highest BCUT2D eigenvalue weighted by Gasteiger charge is 2.25. The number of H-pyrrole nitrogens is 1. The van der Waals surface area contributed by atoms with Gasteiger partial charge in [0.1, 0.15) is 10.8 Å². The molecule has 0 saturated carbocycles. The highest BCUT2D eigenvalue weighted by Crippen LogP contribution is 2.33. The van der Waals surface area contributed by atoms with E-state index in [-0.39, 0.29) is 11.3 Å². The van der Waals surface area contributed by atoms with Crippen molar-refractivity contribution in [3.8, 4) is 17.1 Å². The molecule has 0 spiro atoms. The Morgan fingerprint density at radius 2 is 1.83 bits per heavy atom. The maximum atomic E-state index is 12.7. The second-order valence-corrected chi connectivity index (χ2v) is 8.33. The van der Waals surface area contributed by atoms with Crippen molar-refractivity contribution in [2.45, 2.75) is 26.2 Å². The molecule has 2 aromatic carbocycles. The van der Waals surface area contributed by atoms with Crippen molar-refractivity contribution in [1.29, 1.82) is 0 Å². The second kappa shape index (κ2) is 7.50. The number of aromatic amines is 1. The number of aromatic nitrogens is 4. The van der Waals surface area contributed by atoms with E-state index in [2.05, 4.69) is 41.3 Å². The number of benzene rings is 2. The number of rotatable bonds is 4. The number of nitrogens with one attached hydrogen (secondary N) is 2. The van der Waals surface area contributed by atoms with E-state index < -0.39 is 0 Å². The van der Waals surface area contributed by atoms with Crippen LogP contribution in [0.15, 0.2) is 48.5 Å². The fourth-order valence-corrected chi connectivity index (χ4v) is 3.58. The third-order valence-corrected chi connectivity index (χ3v) is 5.12.